The first-order valence-corrected chi connectivity index (χ1v) is 9.40. The Bertz CT molecular complexity index is 723. The Morgan fingerprint density at radius 3 is 2.28 bits per heavy atom. The Hall–Kier alpha value is -2.28. The summed E-state index contributed by atoms with van der Waals surface area (Å²) in [6.45, 7) is 6.82. The van der Waals surface area contributed by atoms with Gasteiger partial charge < -0.3 is 4.90 Å². The number of hydrogen-bond donors (Lipinski definition) is 0. The lowest BCUT2D eigenvalue weighted by Gasteiger charge is -2.15. The monoisotopic (exact) mass is 331 g/mol. The lowest BCUT2D eigenvalue weighted by molar-refractivity contribution is 0.404. The van der Waals surface area contributed by atoms with Gasteiger partial charge in [-0.3, -0.25) is 0 Å². The van der Waals surface area contributed by atoms with Crippen molar-refractivity contribution in [3.63, 3.8) is 0 Å². The average molecular weight is 332 g/mol. The molecule has 0 spiro atoms. The zero-order valence-electron chi connectivity index (χ0n) is 15.7. The molecule has 0 radical (unpaired) electrons. The fourth-order valence-electron chi connectivity index (χ4n) is 3.70. The molecule has 1 heterocycles. The van der Waals surface area contributed by atoms with Gasteiger partial charge in [-0.25, -0.2) is 0 Å². The third-order valence-corrected chi connectivity index (χ3v) is 5.03. The molecule has 130 valence electrons. The lowest BCUT2D eigenvalue weighted by atomic mass is 10.1. The van der Waals surface area contributed by atoms with Gasteiger partial charge in [-0.15, -0.1) is 0 Å². The Labute approximate surface area is 152 Å². The summed E-state index contributed by atoms with van der Waals surface area (Å²) < 4.78 is 0. The summed E-state index contributed by atoms with van der Waals surface area (Å²) in [5.74, 6) is 0. The molecule has 2 aromatic rings. The first kappa shape index (κ1) is 17.5. The van der Waals surface area contributed by atoms with Crippen LogP contribution >= 0.6 is 0 Å². The highest BCUT2D eigenvalue weighted by Gasteiger charge is 2.43. The van der Waals surface area contributed by atoms with Crippen LogP contribution in [0.4, 0.5) is 0 Å². The minimum absolute atomic E-state index is 0.468. The Kier molecular flexibility index (Phi) is 5.75. The van der Waals surface area contributed by atoms with Crippen LogP contribution in [-0.4, -0.2) is 10.9 Å². The van der Waals surface area contributed by atoms with Gasteiger partial charge >= 0.3 is 0 Å². The van der Waals surface area contributed by atoms with Gasteiger partial charge in [-0.2, -0.15) is 0 Å². The minimum Gasteiger partial charge on any atom is -0.358 e. The molecule has 3 rings (SSSR count). The Morgan fingerprint density at radius 1 is 1.00 bits per heavy atom. The van der Waals surface area contributed by atoms with E-state index in [1.165, 1.54) is 29.5 Å². The standard InChI is InChI=1S/C24H29N/c1-19(2)24-23(25(24)20(3)22-16-10-6-11-17-22)18-12-5-9-15-21-13-7-4-8-14-21/h4,6-11,13-17,20,23H,5,12,18H2,1-3H3/b15-9+/t20-,23+,25?/m0/s1. The van der Waals surface area contributed by atoms with Crippen LogP contribution in [0.3, 0.4) is 0 Å². The van der Waals surface area contributed by atoms with Crippen LogP contribution in [0.1, 0.15) is 57.2 Å². The molecule has 25 heavy (non-hydrogen) atoms. The molecule has 0 aromatic heterocycles. The first-order chi connectivity index (χ1) is 12.2. The van der Waals surface area contributed by atoms with Crippen LogP contribution in [0.5, 0.6) is 0 Å². The molecule has 2 aromatic carbocycles. The topological polar surface area (TPSA) is 3.01 Å². The Balaban J connectivity index is 1.53. The molecule has 2 atom stereocenters. The van der Waals surface area contributed by atoms with Crippen LogP contribution in [-0.2, 0) is 0 Å². The summed E-state index contributed by atoms with van der Waals surface area (Å²) in [4.78, 5) is 2.60. The lowest BCUT2D eigenvalue weighted by Crippen LogP contribution is -2.08. The molecule has 0 N–H and O–H groups in total. The fraction of sp³-hybridized carbons (Fsp3) is 0.333. The van der Waals surface area contributed by atoms with E-state index in [1.54, 1.807) is 5.70 Å². The normalized spacial score (nSPS) is 17.8. The van der Waals surface area contributed by atoms with Gasteiger partial charge in [0.15, 0.2) is 0 Å². The second-order valence-electron chi connectivity index (χ2n) is 7.14. The van der Waals surface area contributed by atoms with Gasteiger partial charge in [0.05, 0.1) is 12.1 Å². The number of benzene rings is 2. The van der Waals surface area contributed by atoms with E-state index < -0.39 is 0 Å². The van der Waals surface area contributed by atoms with Crippen molar-refractivity contribution in [3.8, 4) is 0 Å². The highest BCUT2D eigenvalue weighted by atomic mass is 15.3. The van der Waals surface area contributed by atoms with Crippen molar-refractivity contribution in [2.45, 2.75) is 52.1 Å². The summed E-state index contributed by atoms with van der Waals surface area (Å²) in [5.41, 5.74) is 5.72. The molecule has 0 bridgehead atoms. The van der Waals surface area contributed by atoms with Crippen LogP contribution in [0.25, 0.3) is 6.08 Å². The minimum atomic E-state index is 0.468. The van der Waals surface area contributed by atoms with Crippen LogP contribution < -0.4 is 0 Å². The van der Waals surface area contributed by atoms with Crippen molar-refractivity contribution < 1.29 is 0 Å². The maximum atomic E-state index is 2.60. The van der Waals surface area contributed by atoms with E-state index >= 15 is 0 Å². The maximum Gasteiger partial charge on any atom is 0.0694 e. The Morgan fingerprint density at radius 2 is 1.64 bits per heavy atom. The first-order valence-electron chi connectivity index (χ1n) is 9.40. The van der Waals surface area contributed by atoms with Gasteiger partial charge in [0.2, 0.25) is 0 Å². The van der Waals surface area contributed by atoms with E-state index in [9.17, 15) is 0 Å². The smallest absolute Gasteiger partial charge is 0.0694 e. The summed E-state index contributed by atoms with van der Waals surface area (Å²) in [5, 5.41) is 0. The molecule has 0 unspecified atom stereocenters. The van der Waals surface area contributed by atoms with E-state index in [-0.39, 0.29) is 0 Å². The van der Waals surface area contributed by atoms with Crippen molar-refractivity contribution in [1.29, 1.82) is 0 Å². The van der Waals surface area contributed by atoms with Gasteiger partial charge in [0.1, 0.15) is 0 Å². The molecule has 0 aliphatic carbocycles. The summed E-state index contributed by atoms with van der Waals surface area (Å²) in [6.07, 6.45) is 8.18. The quantitative estimate of drug-likeness (QED) is 0.407. The van der Waals surface area contributed by atoms with Crippen molar-refractivity contribution in [1.82, 2.24) is 4.90 Å². The van der Waals surface area contributed by atoms with E-state index in [4.69, 9.17) is 0 Å². The van der Waals surface area contributed by atoms with Crippen LogP contribution in [0.15, 0.2) is 78.0 Å². The third kappa shape index (κ3) is 4.42. The second kappa shape index (κ2) is 8.20. The van der Waals surface area contributed by atoms with E-state index in [1.807, 2.05) is 0 Å². The number of allylic oxidation sites excluding steroid dienone is 2. The predicted octanol–water partition coefficient (Wildman–Crippen LogP) is 6.61. The van der Waals surface area contributed by atoms with Crippen molar-refractivity contribution in [2.75, 3.05) is 0 Å². The summed E-state index contributed by atoms with van der Waals surface area (Å²) in [6, 6.07) is 22.5. The molecule has 1 aliphatic heterocycles. The van der Waals surface area contributed by atoms with Crippen LogP contribution in [0.2, 0.25) is 0 Å². The maximum absolute atomic E-state index is 2.60. The summed E-state index contributed by atoms with van der Waals surface area (Å²) >= 11 is 0. The van der Waals surface area contributed by atoms with E-state index in [2.05, 4.69) is 98.5 Å². The second-order valence-corrected chi connectivity index (χ2v) is 7.14. The average Bonchev–Trinajstić information content (AvgIpc) is 3.37. The molecule has 1 aliphatic rings. The molecule has 1 saturated heterocycles. The molecule has 0 saturated carbocycles. The van der Waals surface area contributed by atoms with Gasteiger partial charge in [0.25, 0.3) is 0 Å². The largest absolute Gasteiger partial charge is 0.358 e. The SMILES string of the molecule is CC(C)=C1[C@@H](CCC/C=C/c2ccccc2)N1[C@@H](C)c1ccccc1. The van der Waals surface area contributed by atoms with E-state index in [0.29, 0.717) is 12.1 Å². The van der Waals surface area contributed by atoms with Crippen molar-refractivity contribution >= 4 is 6.08 Å². The van der Waals surface area contributed by atoms with Gasteiger partial charge in [0, 0.05) is 5.70 Å². The predicted molar refractivity (Wildman–Crippen MR) is 108 cm³/mol. The highest BCUT2D eigenvalue weighted by molar-refractivity contribution is 5.48. The number of nitrogens with zero attached hydrogens (tertiary/aromatic N) is 1. The molecule has 1 nitrogen and oxygen atoms in total. The molecular formula is C24H29N. The third-order valence-electron chi connectivity index (χ3n) is 5.03. The zero-order chi connectivity index (χ0) is 17.6. The molecule has 1 heteroatoms. The zero-order valence-corrected chi connectivity index (χ0v) is 15.7. The van der Waals surface area contributed by atoms with Crippen molar-refractivity contribution in [2.24, 2.45) is 0 Å². The van der Waals surface area contributed by atoms with E-state index in [0.717, 1.165) is 6.42 Å². The molecule has 0 amide bonds. The highest BCUT2D eigenvalue weighted by Crippen LogP contribution is 2.46. The number of unbranched alkanes of at least 4 members (excludes halogenated alkanes) is 1. The number of rotatable bonds is 7. The van der Waals surface area contributed by atoms with Gasteiger partial charge in [-0.1, -0.05) is 78.4 Å². The summed E-state index contributed by atoms with van der Waals surface area (Å²) in [7, 11) is 0. The van der Waals surface area contributed by atoms with Crippen molar-refractivity contribution in [3.05, 3.63) is 89.1 Å². The molecular weight excluding hydrogens is 302 g/mol. The van der Waals surface area contributed by atoms with Crippen LogP contribution in [0, 0.1) is 0 Å². The number of hydrogen-bond acceptors (Lipinski definition) is 1. The van der Waals surface area contributed by atoms with Gasteiger partial charge in [-0.05, 0) is 51.2 Å². The fourth-order valence-corrected chi connectivity index (χ4v) is 3.70. The molecule has 1 fully saturated rings.